The highest BCUT2D eigenvalue weighted by atomic mass is 28.4. The Morgan fingerprint density at radius 2 is 0.521 bits per heavy atom. The van der Waals surface area contributed by atoms with E-state index in [2.05, 4.69) is 40.0 Å². The van der Waals surface area contributed by atoms with Crippen LogP contribution >= 0.6 is 0 Å². The van der Waals surface area contributed by atoms with Crippen molar-refractivity contribution in [3.63, 3.8) is 0 Å². The summed E-state index contributed by atoms with van der Waals surface area (Å²) >= 11 is 0. The van der Waals surface area contributed by atoms with Crippen LogP contribution in [0.4, 0.5) is 0 Å². The molecule has 0 aliphatic carbocycles. The fourth-order valence-electron chi connectivity index (χ4n) is 6.70. The van der Waals surface area contributed by atoms with Crippen molar-refractivity contribution in [2.45, 2.75) is 258 Å². The van der Waals surface area contributed by atoms with Crippen LogP contribution in [-0.2, 0) is 18.4 Å². The average molecular weight is 711 g/mol. The summed E-state index contributed by atoms with van der Waals surface area (Å²) < 4.78 is 12.0. The van der Waals surface area contributed by atoms with Gasteiger partial charge in [-0.3, -0.25) is 9.59 Å². The third-order valence-electron chi connectivity index (χ3n) is 10.1. The van der Waals surface area contributed by atoms with E-state index >= 15 is 0 Å². The van der Waals surface area contributed by atoms with Gasteiger partial charge in [-0.05, 0) is 51.1 Å². The van der Waals surface area contributed by atoms with E-state index < -0.39 is 16.6 Å². The van der Waals surface area contributed by atoms with E-state index in [4.69, 9.17) is 8.85 Å². The van der Waals surface area contributed by atoms with Crippen molar-refractivity contribution in [1.29, 1.82) is 0 Å². The van der Waals surface area contributed by atoms with E-state index in [1.165, 1.54) is 167 Å². The molecule has 0 aromatic carbocycles. The largest absolute Gasteiger partial charge is 0.520 e. The van der Waals surface area contributed by atoms with Gasteiger partial charge >= 0.3 is 0 Å². The van der Waals surface area contributed by atoms with E-state index in [9.17, 15) is 9.59 Å². The number of hydrogen-bond acceptors (Lipinski definition) is 4. The van der Waals surface area contributed by atoms with Crippen LogP contribution in [0, 0.1) is 0 Å². The van der Waals surface area contributed by atoms with E-state index in [-0.39, 0.29) is 11.9 Å². The van der Waals surface area contributed by atoms with Gasteiger partial charge in [0.1, 0.15) is 0 Å². The molecule has 0 saturated carbocycles. The van der Waals surface area contributed by atoms with Crippen LogP contribution in [0.5, 0.6) is 0 Å². The molecule has 4 nitrogen and oxygen atoms in total. The smallest absolute Gasteiger partial charge is 0.292 e. The lowest BCUT2D eigenvalue weighted by atomic mass is 10.0. The molecule has 0 aromatic rings. The van der Waals surface area contributed by atoms with Crippen LogP contribution in [-0.4, -0.2) is 28.6 Å². The molecular formula is C42H86O4Si2. The third kappa shape index (κ3) is 35.2. The van der Waals surface area contributed by atoms with Gasteiger partial charge in [0.05, 0.1) is 0 Å². The Morgan fingerprint density at radius 3 is 0.729 bits per heavy atom. The van der Waals surface area contributed by atoms with Crippen LogP contribution in [0.15, 0.2) is 0 Å². The Morgan fingerprint density at radius 1 is 0.333 bits per heavy atom. The molecule has 0 heterocycles. The quantitative estimate of drug-likeness (QED) is 0.0476. The highest BCUT2D eigenvalue weighted by molar-refractivity contribution is 6.77. The van der Waals surface area contributed by atoms with Crippen molar-refractivity contribution in [2.24, 2.45) is 0 Å². The van der Waals surface area contributed by atoms with Crippen molar-refractivity contribution < 1.29 is 18.4 Å². The third-order valence-corrected chi connectivity index (χ3v) is 15.0. The first-order valence-electron chi connectivity index (χ1n) is 21.6. The molecule has 286 valence electrons. The minimum atomic E-state index is -2.11. The van der Waals surface area contributed by atoms with Crippen LogP contribution in [0.3, 0.4) is 0 Å². The zero-order chi connectivity index (χ0) is 35.6. The van der Waals surface area contributed by atoms with Crippen molar-refractivity contribution in [2.75, 3.05) is 0 Å². The Balaban J connectivity index is 3.73. The maximum Gasteiger partial charge on any atom is 0.292 e. The van der Waals surface area contributed by atoms with Gasteiger partial charge in [-0.1, -0.05) is 194 Å². The van der Waals surface area contributed by atoms with Gasteiger partial charge in [-0.15, -0.1) is 0 Å². The van der Waals surface area contributed by atoms with Gasteiger partial charge in [0.25, 0.3) is 11.9 Å². The number of unbranched alkanes of at least 4 members (excludes halogenated alkanes) is 28. The molecule has 0 aromatic heterocycles. The minimum Gasteiger partial charge on any atom is -0.520 e. The standard InChI is InChI=1S/C42H86O4Si2/c1-7-9-11-13-15-17-19-21-23-25-27-29-31-33-35-37-41(43)45-47(3,4)39-40-48(5,6)46-42(44)38-36-34-32-30-28-26-24-22-20-18-16-14-12-10-8-2/h7-40H2,1-6H3. The summed E-state index contributed by atoms with van der Waals surface area (Å²) in [5.41, 5.74) is 0. The Labute approximate surface area is 303 Å². The first kappa shape index (κ1) is 47.4. The van der Waals surface area contributed by atoms with Crippen LogP contribution in [0.1, 0.15) is 219 Å². The predicted octanol–water partition coefficient (Wildman–Crippen LogP) is 15.0. The Kier molecular flexibility index (Phi) is 33.1. The lowest BCUT2D eigenvalue weighted by Gasteiger charge is -2.28. The number of rotatable bonds is 37. The first-order chi connectivity index (χ1) is 23.1. The summed E-state index contributed by atoms with van der Waals surface area (Å²) in [5, 5.41) is 0. The second kappa shape index (κ2) is 33.5. The molecule has 0 rings (SSSR count). The second-order valence-corrected chi connectivity index (χ2v) is 24.8. The summed E-state index contributed by atoms with van der Waals surface area (Å²) in [6, 6.07) is 1.76. The SMILES string of the molecule is CCCCCCCCCCCCCCCCCC(=O)O[Si](C)(C)CC[Si](C)(C)OC(=O)CCCCCCCCCCCCCCCCC. The molecule has 0 aliphatic rings. The molecular weight excluding hydrogens is 625 g/mol. The molecule has 0 radical (unpaired) electrons. The van der Waals surface area contributed by atoms with Crippen molar-refractivity contribution >= 4 is 28.6 Å². The van der Waals surface area contributed by atoms with Crippen molar-refractivity contribution in [3.8, 4) is 0 Å². The summed E-state index contributed by atoms with van der Waals surface area (Å²) in [4.78, 5) is 25.1. The predicted molar refractivity (Wildman–Crippen MR) is 216 cm³/mol. The second-order valence-electron chi connectivity index (χ2n) is 16.4. The summed E-state index contributed by atoms with van der Waals surface area (Å²) in [6.45, 7) is 13.1. The number of carbonyl (C=O) groups excluding carboxylic acids is 2. The highest BCUT2D eigenvalue weighted by Gasteiger charge is 2.34. The first-order valence-corrected chi connectivity index (χ1v) is 27.8. The minimum absolute atomic E-state index is 0.0222. The van der Waals surface area contributed by atoms with Gasteiger partial charge in [0.2, 0.25) is 16.6 Å². The van der Waals surface area contributed by atoms with E-state index in [1.807, 2.05) is 0 Å². The summed E-state index contributed by atoms with van der Waals surface area (Å²) in [6.07, 6.45) is 41.0. The zero-order valence-corrected chi connectivity index (χ0v) is 35.7. The van der Waals surface area contributed by atoms with E-state index in [1.54, 1.807) is 0 Å². The maximum absolute atomic E-state index is 12.6. The van der Waals surface area contributed by atoms with Gasteiger partial charge in [0.15, 0.2) is 0 Å². The molecule has 0 saturated heterocycles. The average Bonchev–Trinajstić information content (AvgIpc) is 3.03. The molecule has 6 heteroatoms. The summed E-state index contributed by atoms with van der Waals surface area (Å²) in [5.74, 6) is -0.0445. The zero-order valence-electron chi connectivity index (χ0n) is 33.7. The molecule has 0 aliphatic heterocycles. The molecule has 0 bridgehead atoms. The molecule has 0 unspecified atom stereocenters. The van der Waals surface area contributed by atoms with Gasteiger partial charge in [-0.2, -0.15) is 0 Å². The van der Waals surface area contributed by atoms with E-state index in [0.29, 0.717) is 12.8 Å². The Bertz CT molecular complexity index is 664. The van der Waals surface area contributed by atoms with Gasteiger partial charge < -0.3 is 8.85 Å². The summed E-state index contributed by atoms with van der Waals surface area (Å²) in [7, 11) is -4.21. The highest BCUT2D eigenvalue weighted by Crippen LogP contribution is 2.24. The number of carbonyl (C=O) groups is 2. The van der Waals surface area contributed by atoms with E-state index in [0.717, 1.165) is 37.8 Å². The van der Waals surface area contributed by atoms with Crippen LogP contribution in [0.2, 0.25) is 38.3 Å². The molecule has 0 atom stereocenters. The molecule has 0 spiro atoms. The van der Waals surface area contributed by atoms with Crippen LogP contribution < -0.4 is 0 Å². The monoisotopic (exact) mass is 711 g/mol. The Hall–Kier alpha value is -0.626. The molecule has 48 heavy (non-hydrogen) atoms. The van der Waals surface area contributed by atoms with Gasteiger partial charge in [0, 0.05) is 12.8 Å². The molecule has 0 fully saturated rings. The lowest BCUT2D eigenvalue weighted by molar-refractivity contribution is -0.136. The molecule has 0 amide bonds. The maximum atomic E-state index is 12.6. The fourth-order valence-corrected chi connectivity index (χ4v) is 13.2. The van der Waals surface area contributed by atoms with Crippen molar-refractivity contribution in [3.05, 3.63) is 0 Å². The van der Waals surface area contributed by atoms with Crippen molar-refractivity contribution in [1.82, 2.24) is 0 Å². The normalized spacial score (nSPS) is 12.0. The lowest BCUT2D eigenvalue weighted by Crippen LogP contribution is -2.39. The molecule has 0 N–H and O–H groups in total. The fraction of sp³-hybridized carbons (Fsp3) is 0.952. The van der Waals surface area contributed by atoms with Crippen LogP contribution in [0.25, 0.3) is 0 Å². The number of hydrogen-bond donors (Lipinski definition) is 0. The topological polar surface area (TPSA) is 52.6 Å². The van der Waals surface area contributed by atoms with Gasteiger partial charge in [-0.25, -0.2) is 0 Å².